The second-order valence-corrected chi connectivity index (χ2v) is 5.57. The molecule has 0 aliphatic carbocycles. The molecule has 0 aliphatic heterocycles. The van der Waals surface area contributed by atoms with Crippen LogP contribution < -0.4 is 5.32 Å². The van der Waals surface area contributed by atoms with Crippen LogP contribution in [0.1, 0.15) is 39.4 Å². The van der Waals surface area contributed by atoms with E-state index < -0.39 is 6.10 Å². The predicted octanol–water partition coefficient (Wildman–Crippen LogP) is 3.13. The SMILES string of the molecule is CC(C)CNC(C(C)C)C(O)c1ccc(F)cc1. The zero-order valence-corrected chi connectivity index (χ0v) is 11.7. The van der Waals surface area contributed by atoms with Gasteiger partial charge in [0.15, 0.2) is 0 Å². The minimum absolute atomic E-state index is 0.0159. The van der Waals surface area contributed by atoms with Crippen LogP contribution in [-0.2, 0) is 0 Å². The van der Waals surface area contributed by atoms with Crippen LogP contribution in [0, 0.1) is 17.7 Å². The second-order valence-electron chi connectivity index (χ2n) is 5.57. The fourth-order valence-corrected chi connectivity index (χ4v) is 1.95. The topological polar surface area (TPSA) is 32.3 Å². The van der Waals surface area contributed by atoms with E-state index in [0.29, 0.717) is 11.8 Å². The van der Waals surface area contributed by atoms with Gasteiger partial charge in [0.05, 0.1) is 6.10 Å². The minimum Gasteiger partial charge on any atom is -0.387 e. The van der Waals surface area contributed by atoms with E-state index in [4.69, 9.17) is 0 Å². The molecular weight excluding hydrogens is 229 g/mol. The molecule has 2 N–H and O–H groups in total. The first-order valence-electron chi connectivity index (χ1n) is 6.58. The number of benzene rings is 1. The van der Waals surface area contributed by atoms with Gasteiger partial charge >= 0.3 is 0 Å². The number of hydrogen-bond acceptors (Lipinski definition) is 2. The fourth-order valence-electron chi connectivity index (χ4n) is 1.95. The third-order valence-corrected chi connectivity index (χ3v) is 3.03. The normalized spacial score (nSPS) is 15.1. The highest BCUT2D eigenvalue weighted by molar-refractivity contribution is 5.20. The van der Waals surface area contributed by atoms with Crippen molar-refractivity contribution >= 4 is 0 Å². The Bertz CT molecular complexity index is 348. The maximum absolute atomic E-state index is 12.9. The largest absolute Gasteiger partial charge is 0.387 e. The molecule has 1 rings (SSSR count). The Balaban J connectivity index is 2.75. The first-order valence-corrected chi connectivity index (χ1v) is 6.58. The summed E-state index contributed by atoms with van der Waals surface area (Å²) >= 11 is 0. The molecule has 2 nitrogen and oxygen atoms in total. The van der Waals surface area contributed by atoms with Gasteiger partial charge in [-0.2, -0.15) is 0 Å². The van der Waals surface area contributed by atoms with E-state index in [9.17, 15) is 9.50 Å². The summed E-state index contributed by atoms with van der Waals surface area (Å²) in [6.07, 6.45) is -0.607. The third kappa shape index (κ3) is 4.39. The quantitative estimate of drug-likeness (QED) is 0.816. The molecule has 0 heterocycles. The summed E-state index contributed by atoms with van der Waals surface area (Å²) < 4.78 is 12.9. The van der Waals surface area contributed by atoms with Crippen molar-refractivity contribution in [1.29, 1.82) is 0 Å². The fraction of sp³-hybridized carbons (Fsp3) is 0.600. The lowest BCUT2D eigenvalue weighted by atomic mass is 9.93. The molecule has 1 aromatic carbocycles. The molecule has 18 heavy (non-hydrogen) atoms. The molecule has 0 fully saturated rings. The van der Waals surface area contributed by atoms with E-state index in [-0.39, 0.29) is 11.9 Å². The van der Waals surface area contributed by atoms with E-state index >= 15 is 0 Å². The lowest BCUT2D eigenvalue weighted by Gasteiger charge is -2.28. The Morgan fingerprint density at radius 2 is 1.67 bits per heavy atom. The van der Waals surface area contributed by atoms with Gasteiger partial charge in [-0.25, -0.2) is 4.39 Å². The molecule has 102 valence electrons. The molecule has 0 spiro atoms. The van der Waals surface area contributed by atoms with Crippen molar-refractivity contribution in [3.63, 3.8) is 0 Å². The molecule has 0 aliphatic rings. The summed E-state index contributed by atoms with van der Waals surface area (Å²) in [4.78, 5) is 0. The van der Waals surface area contributed by atoms with Crippen molar-refractivity contribution in [2.75, 3.05) is 6.54 Å². The molecule has 0 amide bonds. The van der Waals surface area contributed by atoms with E-state index in [1.54, 1.807) is 12.1 Å². The zero-order valence-electron chi connectivity index (χ0n) is 11.7. The van der Waals surface area contributed by atoms with Gasteiger partial charge in [0.2, 0.25) is 0 Å². The maximum atomic E-state index is 12.9. The van der Waals surface area contributed by atoms with E-state index in [2.05, 4.69) is 33.0 Å². The van der Waals surface area contributed by atoms with E-state index in [0.717, 1.165) is 12.1 Å². The van der Waals surface area contributed by atoms with Gasteiger partial charge in [0, 0.05) is 6.04 Å². The number of rotatable bonds is 6. The van der Waals surface area contributed by atoms with Crippen LogP contribution in [0.3, 0.4) is 0 Å². The van der Waals surface area contributed by atoms with Crippen LogP contribution in [0.25, 0.3) is 0 Å². The Kier molecular flexibility index (Phi) is 5.76. The molecule has 1 aromatic rings. The molecule has 2 unspecified atom stereocenters. The Morgan fingerprint density at radius 1 is 1.11 bits per heavy atom. The minimum atomic E-state index is -0.607. The number of hydrogen-bond donors (Lipinski definition) is 2. The highest BCUT2D eigenvalue weighted by atomic mass is 19.1. The van der Waals surface area contributed by atoms with Gasteiger partial charge < -0.3 is 10.4 Å². The van der Waals surface area contributed by atoms with Gasteiger partial charge in [-0.1, -0.05) is 39.8 Å². The Labute approximate surface area is 109 Å². The molecule has 3 heteroatoms. The molecule has 0 saturated heterocycles. The summed E-state index contributed by atoms with van der Waals surface area (Å²) in [7, 11) is 0. The van der Waals surface area contributed by atoms with Crippen LogP contribution in [0.4, 0.5) is 4.39 Å². The van der Waals surface area contributed by atoms with Crippen LogP contribution in [0.15, 0.2) is 24.3 Å². The van der Waals surface area contributed by atoms with Crippen LogP contribution in [-0.4, -0.2) is 17.7 Å². The number of aliphatic hydroxyl groups excluding tert-OH is 1. The summed E-state index contributed by atoms with van der Waals surface area (Å²) in [5.74, 6) is 0.567. The average Bonchev–Trinajstić information content (AvgIpc) is 2.29. The standard InChI is InChI=1S/C15H24FNO/c1-10(2)9-17-14(11(3)4)15(18)12-5-7-13(16)8-6-12/h5-8,10-11,14-15,17-18H,9H2,1-4H3. The third-order valence-electron chi connectivity index (χ3n) is 3.03. The van der Waals surface area contributed by atoms with Crippen molar-refractivity contribution in [3.05, 3.63) is 35.6 Å². The van der Waals surface area contributed by atoms with Gasteiger partial charge in [-0.15, -0.1) is 0 Å². The number of nitrogens with one attached hydrogen (secondary N) is 1. The number of aliphatic hydroxyl groups is 1. The summed E-state index contributed by atoms with van der Waals surface area (Å²) in [6, 6.07) is 6.05. The highest BCUT2D eigenvalue weighted by Crippen LogP contribution is 2.22. The molecule has 2 atom stereocenters. The maximum Gasteiger partial charge on any atom is 0.123 e. The van der Waals surface area contributed by atoms with Gasteiger partial charge in [-0.05, 0) is 36.1 Å². The van der Waals surface area contributed by atoms with Crippen molar-refractivity contribution in [2.24, 2.45) is 11.8 Å². The Morgan fingerprint density at radius 3 is 2.11 bits per heavy atom. The van der Waals surface area contributed by atoms with Crippen molar-refractivity contribution < 1.29 is 9.50 Å². The van der Waals surface area contributed by atoms with E-state index in [1.165, 1.54) is 12.1 Å². The lowest BCUT2D eigenvalue weighted by molar-refractivity contribution is 0.103. The Hall–Kier alpha value is -0.930. The van der Waals surface area contributed by atoms with Crippen molar-refractivity contribution in [3.8, 4) is 0 Å². The number of halogens is 1. The first-order chi connectivity index (χ1) is 8.41. The van der Waals surface area contributed by atoms with Gasteiger partial charge in [-0.3, -0.25) is 0 Å². The molecule has 0 bridgehead atoms. The second kappa shape index (κ2) is 6.86. The highest BCUT2D eigenvalue weighted by Gasteiger charge is 2.23. The first kappa shape index (κ1) is 15.1. The predicted molar refractivity (Wildman–Crippen MR) is 72.8 cm³/mol. The zero-order chi connectivity index (χ0) is 13.7. The van der Waals surface area contributed by atoms with Gasteiger partial charge in [0.25, 0.3) is 0 Å². The smallest absolute Gasteiger partial charge is 0.123 e. The van der Waals surface area contributed by atoms with Crippen LogP contribution in [0.2, 0.25) is 0 Å². The van der Waals surface area contributed by atoms with Crippen LogP contribution >= 0.6 is 0 Å². The lowest BCUT2D eigenvalue weighted by Crippen LogP contribution is -2.41. The van der Waals surface area contributed by atoms with E-state index in [1.807, 2.05) is 0 Å². The van der Waals surface area contributed by atoms with Gasteiger partial charge in [0.1, 0.15) is 5.82 Å². The molecule has 0 radical (unpaired) electrons. The summed E-state index contributed by atoms with van der Waals surface area (Å²) in [5, 5.41) is 13.8. The van der Waals surface area contributed by atoms with Crippen molar-refractivity contribution in [2.45, 2.75) is 39.8 Å². The monoisotopic (exact) mass is 253 g/mol. The molecular formula is C15H24FNO. The molecule has 0 saturated carbocycles. The average molecular weight is 253 g/mol. The summed E-state index contributed by atoms with van der Waals surface area (Å²) in [6.45, 7) is 9.28. The van der Waals surface area contributed by atoms with Crippen LogP contribution in [0.5, 0.6) is 0 Å². The molecule has 0 aromatic heterocycles. The summed E-state index contributed by atoms with van der Waals surface area (Å²) in [5.41, 5.74) is 0.756. The van der Waals surface area contributed by atoms with Crippen molar-refractivity contribution in [1.82, 2.24) is 5.32 Å².